The molecule has 1 aromatic carbocycles. The molecule has 2 heterocycles. The molecule has 1 atom stereocenters. The van der Waals surface area contributed by atoms with E-state index in [0.717, 1.165) is 10.9 Å². The number of fused-ring (bicyclic) bond motifs is 1. The highest BCUT2D eigenvalue weighted by Gasteiger charge is 2.23. The molecule has 0 aliphatic carbocycles. The van der Waals surface area contributed by atoms with Gasteiger partial charge in [-0.25, -0.2) is 4.79 Å². The molecule has 0 bridgehead atoms. The quantitative estimate of drug-likeness (QED) is 0.723. The number of amides is 1. The molecule has 2 aromatic heterocycles. The van der Waals surface area contributed by atoms with Crippen LogP contribution in [0.15, 0.2) is 60.9 Å². The molecule has 6 heteroatoms. The molecule has 3 aromatic rings. The lowest BCUT2D eigenvalue weighted by Gasteiger charge is -2.16. The first kappa shape index (κ1) is 16.6. The van der Waals surface area contributed by atoms with Crippen molar-refractivity contribution in [2.24, 2.45) is 0 Å². The third kappa shape index (κ3) is 3.98. The lowest BCUT2D eigenvalue weighted by molar-refractivity contribution is -0.142. The van der Waals surface area contributed by atoms with Crippen LogP contribution < -0.4 is 5.32 Å². The van der Waals surface area contributed by atoms with Crippen molar-refractivity contribution in [2.45, 2.75) is 12.5 Å². The van der Waals surface area contributed by atoms with Gasteiger partial charge in [-0.1, -0.05) is 24.3 Å². The van der Waals surface area contributed by atoms with Gasteiger partial charge in [0.1, 0.15) is 6.04 Å². The van der Waals surface area contributed by atoms with Gasteiger partial charge in [0.05, 0.1) is 12.6 Å². The number of carbonyl (C=O) groups excluding carboxylic acids is 2. The van der Waals surface area contributed by atoms with Gasteiger partial charge in [-0.05, 0) is 24.3 Å². The molecule has 6 nitrogen and oxygen atoms in total. The van der Waals surface area contributed by atoms with Crippen LogP contribution in [-0.2, 0) is 16.0 Å². The number of aromatic nitrogens is 2. The number of pyridine rings is 2. The Hall–Kier alpha value is -3.28. The van der Waals surface area contributed by atoms with Crippen LogP contribution in [0.5, 0.6) is 0 Å². The third-order valence-corrected chi connectivity index (χ3v) is 3.80. The zero-order chi connectivity index (χ0) is 17.6. The Kier molecular flexibility index (Phi) is 4.99. The average Bonchev–Trinajstić information content (AvgIpc) is 2.67. The smallest absolute Gasteiger partial charge is 0.328 e. The van der Waals surface area contributed by atoms with Gasteiger partial charge < -0.3 is 10.1 Å². The summed E-state index contributed by atoms with van der Waals surface area (Å²) in [6, 6.07) is 13.8. The number of carbonyl (C=O) groups is 2. The molecular weight excluding hydrogens is 318 g/mol. The maximum absolute atomic E-state index is 12.3. The van der Waals surface area contributed by atoms with Crippen molar-refractivity contribution in [3.8, 4) is 0 Å². The molecule has 126 valence electrons. The van der Waals surface area contributed by atoms with Crippen molar-refractivity contribution in [2.75, 3.05) is 7.11 Å². The number of nitrogens with one attached hydrogen (secondary N) is 1. The van der Waals surface area contributed by atoms with Crippen molar-refractivity contribution in [1.82, 2.24) is 15.3 Å². The Balaban J connectivity index is 1.80. The number of esters is 1. The van der Waals surface area contributed by atoms with E-state index in [1.807, 2.05) is 36.4 Å². The van der Waals surface area contributed by atoms with Gasteiger partial charge in [-0.2, -0.15) is 0 Å². The molecule has 0 aliphatic heterocycles. The second kappa shape index (κ2) is 7.53. The first-order valence-corrected chi connectivity index (χ1v) is 7.81. The van der Waals surface area contributed by atoms with Gasteiger partial charge in [0.2, 0.25) is 0 Å². The zero-order valence-corrected chi connectivity index (χ0v) is 13.7. The van der Waals surface area contributed by atoms with Crippen LogP contribution in [0.2, 0.25) is 0 Å². The Morgan fingerprint density at radius 2 is 1.84 bits per heavy atom. The largest absolute Gasteiger partial charge is 0.467 e. The number of hydrogen-bond acceptors (Lipinski definition) is 5. The van der Waals surface area contributed by atoms with Gasteiger partial charge in [-0.3, -0.25) is 14.8 Å². The molecular formula is C19H17N3O3. The minimum absolute atomic E-state index is 0.244. The minimum atomic E-state index is -0.820. The van der Waals surface area contributed by atoms with Gasteiger partial charge in [0, 0.05) is 35.5 Å². The summed E-state index contributed by atoms with van der Waals surface area (Å²) in [7, 11) is 1.29. The first-order valence-electron chi connectivity index (χ1n) is 7.81. The van der Waals surface area contributed by atoms with Crippen LogP contribution >= 0.6 is 0 Å². The number of hydrogen-bond donors (Lipinski definition) is 1. The van der Waals surface area contributed by atoms with E-state index in [-0.39, 0.29) is 12.3 Å². The van der Waals surface area contributed by atoms with E-state index in [1.54, 1.807) is 12.1 Å². The van der Waals surface area contributed by atoms with Gasteiger partial charge in [0.15, 0.2) is 0 Å². The number of rotatable bonds is 5. The molecule has 0 radical (unpaired) electrons. The van der Waals surface area contributed by atoms with Crippen LogP contribution in [0.4, 0.5) is 0 Å². The Morgan fingerprint density at radius 1 is 1.08 bits per heavy atom. The summed E-state index contributed by atoms with van der Waals surface area (Å²) in [5.74, 6) is -0.879. The number of nitrogens with zero attached hydrogens (tertiary/aromatic N) is 2. The molecule has 0 aliphatic rings. The molecule has 0 saturated carbocycles. The van der Waals surface area contributed by atoms with Gasteiger partial charge in [-0.15, -0.1) is 0 Å². The lowest BCUT2D eigenvalue weighted by atomic mass is 10.1. The maximum atomic E-state index is 12.3. The average molecular weight is 335 g/mol. The lowest BCUT2D eigenvalue weighted by Crippen LogP contribution is -2.43. The monoisotopic (exact) mass is 335 g/mol. The molecule has 1 amide bonds. The molecule has 0 saturated heterocycles. The normalized spacial score (nSPS) is 11.7. The van der Waals surface area contributed by atoms with Crippen molar-refractivity contribution < 1.29 is 14.3 Å². The van der Waals surface area contributed by atoms with E-state index < -0.39 is 12.0 Å². The fourth-order valence-electron chi connectivity index (χ4n) is 2.51. The van der Waals surface area contributed by atoms with Crippen LogP contribution in [0.3, 0.4) is 0 Å². The summed E-state index contributed by atoms with van der Waals surface area (Å²) in [6.45, 7) is 0. The summed E-state index contributed by atoms with van der Waals surface area (Å²) in [5.41, 5.74) is 1.96. The van der Waals surface area contributed by atoms with E-state index in [9.17, 15) is 9.59 Å². The summed E-state index contributed by atoms with van der Waals surface area (Å²) in [4.78, 5) is 32.8. The van der Waals surface area contributed by atoms with Crippen LogP contribution in [0.25, 0.3) is 10.9 Å². The standard InChI is InChI=1S/C19H17N3O3/c1-25-19(24)17(22-18(23)14-8-10-20-11-9-14)12-15-7-6-13-4-2-3-5-16(13)21-15/h2-11,17H,12H2,1H3,(H,22,23)/t17-/m1/s1. The highest BCUT2D eigenvalue weighted by Crippen LogP contribution is 2.13. The maximum Gasteiger partial charge on any atom is 0.328 e. The van der Waals surface area contributed by atoms with Crippen LogP contribution in [0.1, 0.15) is 16.1 Å². The number of methoxy groups -OCH3 is 1. The Labute approximate surface area is 144 Å². The van der Waals surface area contributed by atoms with Crippen LogP contribution in [-0.4, -0.2) is 35.0 Å². The SMILES string of the molecule is COC(=O)[C@@H](Cc1ccc2ccccc2n1)NC(=O)c1ccncc1. The topological polar surface area (TPSA) is 81.2 Å². The van der Waals surface area contributed by atoms with E-state index >= 15 is 0 Å². The third-order valence-electron chi connectivity index (χ3n) is 3.80. The first-order chi connectivity index (χ1) is 12.2. The second-order valence-electron chi connectivity index (χ2n) is 5.48. The zero-order valence-electron chi connectivity index (χ0n) is 13.7. The Morgan fingerprint density at radius 3 is 2.60 bits per heavy atom. The molecule has 0 fully saturated rings. The minimum Gasteiger partial charge on any atom is -0.467 e. The summed E-state index contributed by atoms with van der Waals surface area (Å²) in [6.07, 6.45) is 3.29. The van der Waals surface area contributed by atoms with Crippen LogP contribution in [0, 0.1) is 0 Å². The molecule has 1 N–H and O–H groups in total. The molecule has 3 rings (SSSR count). The molecule has 0 spiro atoms. The highest BCUT2D eigenvalue weighted by molar-refractivity contribution is 5.96. The summed E-state index contributed by atoms with van der Waals surface area (Å²) in [5, 5.41) is 3.71. The highest BCUT2D eigenvalue weighted by atomic mass is 16.5. The second-order valence-corrected chi connectivity index (χ2v) is 5.48. The summed E-state index contributed by atoms with van der Waals surface area (Å²) >= 11 is 0. The molecule has 25 heavy (non-hydrogen) atoms. The van der Waals surface area contributed by atoms with Crippen molar-refractivity contribution >= 4 is 22.8 Å². The predicted molar refractivity (Wildman–Crippen MR) is 93.0 cm³/mol. The fourth-order valence-corrected chi connectivity index (χ4v) is 2.51. The number of benzene rings is 1. The van der Waals surface area contributed by atoms with Gasteiger partial charge in [0.25, 0.3) is 5.91 Å². The van der Waals surface area contributed by atoms with Crippen molar-refractivity contribution in [3.63, 3.8) is 0 Å². The van der Waals surface area contributed by atoms with Gasteiger partial charge >= 0.3 is 5.97 Å². The number of para-hydroxylation sites is 1. The van der Waals surface area contributed by atoms with E-state index in [2.05, 4.69) is 15.3 Å². The molecule has 0 unspecified atom stereocenters. The number of ether oxygens (including phenoxy) is 1. The Bertz CT molecular complexity index is 897. The van der Waals surface area contributed by atoms with E-state index in [4.69, 9.17) is 4.74 Å². The predicted octanol–water partition coefficient (Wildman–Crippen LogP) is 2.14. The fraction of sp³-hybridized carbons (Fsp3) is 0.158. The van der Waals surface area contributed by atoms with E-state index in [0.29, 0.717) is 11.3 Å². The van der Waals surface area contributed by atoms with Crippen molar-refractivity contribution in [3.05, 3.63) is 72.2 Å². The summed E-state index contributed by atoms with van der Waals surface area (Å²) < 4.78 is 4.82. The van der Waals surface area contributed by atoms with Crippen molar-refractivity contribution in [1.29, 1.82) is 0 Å². The van der Waals surface area contributed by atoms with E-state index in [1.165, 1.54) is 19.5 Å².